The highest BCUT2D eigenvalue weighted by Crippen LogP contribution is 2.33. The predicted octanol–water partition coefficient (Wildman–Crippen LogP) is 4.23. The van der Waals surface area contributed by atoms with Gasteiger partial charge in [0.05, 0.1) is 24.2 Å². The largest absolute Gasteiger partial charge is 0.497 e. The molecule has 8 heteroatoms. The number of rotatable bonds is 7. The zero-order chi connectivity index (χ0) is 25.0. The third kappa shape index (κ3) is 5.73. The number of sulfonamides is 1. The molecule has 7 nitrogen and oxygen atoms in total. The van der Waals surface area contributed by atoms with Crippen molar-refractivity contribution in [3.63, 3.8) is 0 Å². The van der Waals surface area contributed by atoms with E-state index in [4.69, 9.17) is 4.74 Å². The summed E-state index contributed by atoms with van der Waals surface area (Å²) in [6.07, 6.45) is 1.81. The highest BCUT2D eigenvalue weighted by atomic mass is 32.2. The highest BCUT2D eigenvalue weighted by Gasteiger charge is 2.31. The average Bonchev–Trinajstić information content (AvgIpc) is 3.02. The van der Waals surface area contributed by atoms with Crippen molar-refractivity contribution in [3.8, 4) is 5.75 Å². The molecule has 0 aromatic heterocycles. The summed E-state index contributed by atoms with van der Waals surface area (Å²) in [6, 6.07) is 18.1. The van der Waals surface area contributed by atoms with E-state index in [1.54, 1.807) is 60.7 Å². The lowest BCUT2D eigenvalue weighted by Gasteiger charge is -2.24. The summed E-state index contributed by atoms with van der Waals surface area (Å²) in [4.78, 5) is 13.0. The van der Waals surface area contributed by atoms with Crippen LogP contribution in [0.25, 0.3) is 0 Å². The molecule has 4 rings (SSSR count). The molecule has 1 amide bonds. The molecule has 1 aliphatic rings. The van der Waals surface area contributed by atoms with Crippen LogP contribution >= 0.6 is 0 Å². The van der Waals surface area contributed by atoms with Gasteiger partial charge in [0.15, 0.2) is 0 Å². The summed E-state index contributed by atoms with van der Waals surface area (Å²) in [6.45, 7) is 2.01. The van der Waals surface area contributed by atoms with Crippen molar-refractivity contribution in [3.05, 3.63) is 89.0 Å². The molecule has 0 spiro atoms. The first-order chi connectivity index (χ1) is 16.8. The second kappa shape index (κ2) is 10.6. The van der Waals surface area contributed by atoms with E-state index in [9.17, 15) is 18.3 Å². The Kier molecular flexibility index (Phi) is 7.54. The second-order valence-corrected chi connectivity index (χ2v) is 10.4. The van der Waals surface area contributed by atoms with Crippen LogP contribution in [0.4, 0.5) is 5.69 Å². The van der Waals surface area contributed by atoms with E-state index in [-0.39, 0.29) is 10.8 Å². The smallest absolute Gasteiger partial charge is 0.255 e. The van der Waals surface area contributed by atoms with Crippen LogP contribution in [-0.4, -0.2) is 32.6 Å². The Balaban J connectivity index is 1.62. The first-order valence-corrected chi connectivity index (χ1v) is 13.2. The van der Waals surface area contributed by atoms with E-state index in [0.717, 1.165) is 24.0 Å². The van der Waals surface area contributed by atoms with E-state index < -0.39 is 22.2 Å². The van der Waals surface area contributed by atoms with Gasteiger partial charge in [0.1, 0.15) is 5.75 Å². The van der Waals surface area contributed by atoms with Gasteiger partial charge >= 0.3 is 0 Å². The van der Waals surface area contributed by atoms with Gasteiger partial charge in [-0.3, -0.25) is 4.79 Å². The zero-order valence-electron chi connectivity index (χ0n) is 19.8. The Hall–Kier alpha value is -3.20. The molecule has 1 aliphatic carbocycles. The van der Waals surface area contributed by atoms with E-state index in [1.165, 1.54) is 7.11 Å². The van der Waals surface area contributed by atoms with Crippen LogP contribution in [0.1, 0.15) is 52.9 Å². The predicted molar refractivity (Wildman–Crippen MR) is 135 cm³/mol. The van der Waals surface area contributed by atoms with Crippen LogP contribution in [0.2, 0.25) is 0 Å². The summed E-state index contributed by atoms with van der Waals surface area (Å²) in [5.74, 6) is 0.260. The minimum atomic E-state index is -3.87. The number of anilines is 1. The van der Waals surface area contributed by atoms with E-state index in [1.807, 2.05) is 13.0 Å². The van der Waals surface area contributed by atoms with Gasteiger partial charge < -0.3 is 15.2 Å². The normalized spacial score (nSPS) is 17.8. The van der Waals surface area contributed by atoms with Crippen molar-refractivity contribution in [2.75, 3.05) is 12.4 Å². The molecule has 3 N–H and O–H groups in total. The SMILES string of the molecule is CCc1ccc(S(=O)(=O)N[C@H]2c3cc(NC(=O)c4cccc(OC)c4)ccc3CCC[C@@H]2O)cc1. The fraction of sp³-hybridized carbons (Fsp3) is 0.296. The lowest BCUT2D eigenvalue weighted by Crippen LogP contribution is -2.36. The summed E-state index contributed by atoms with van der Waals surface area (Å²) in [7, 11) is -2.34. The number of aliphatic hydroxyl groups is 1. The molecule has 0 unspecified atom stereocenters. The number of fused-ring (bicyclic) bond motifs is 1. The third-order valence-corrected chi connectivity index (χ3v) is 7.78. The number of aryl methyl sites for hydroxylation is 2. The Morgan fingerprint density at radius 2 is 1.86 bits per heavy atom. The number of carbonyl (C=O) groups excluding carboxylic acids is 1. The quantitative estimate of drug-likeness (QED) is 0.427. The highest BCUT2D eigenvalue weighted by molar-refractivity contribution is 7.89. The number of hydrogen-bond donors (Lipinski definition) is 3. The molecule has 2 atom stereocenters. The number of ether oxygens (including phenoxy) is 1. The Morgan fingerprint density at radius 3 is 2.57 bits per heavy atom. The van der Waals surface area contributed by atoms with Crippen LogP contribution in [0.5, 0.6) is 5.75 Å². The minimum absolute atomic E-state index is 0.148. The fourth-order valence-electron chi connectivity index (χ4n) is 4.31. The number of amides is 1. The molecule has 184 valence electrons. The standard InChI is InChI=1S/C27H30N2O5S/c1-3-18-10-14-23(15-11-18)35(32,33)29-26-24-17-21(13-12-19(24)6-5-9-25(26)30)28-27(31)20-7-4-8-22(16-20)34-2/h4,7-8,10-17,25-26,29-30H,3,5-6,9H2,1-2H3,(H,28,31)/t25-,26-/m0/s1. The van der Waals surface area contributed by atoms with Crippen molar-refractivity contribution in [2.24, 2.45) is 0 Å². The molecule has 3 aromatic rings. The lowest BCUT2D eigenvalue weighted by molar-refractivity contribution is 0.102. The molecule has 0 saturated heterocycles. The van der Waals surface area contributed by atoms with Crippen molar-refractivity contribution < 1.29 is 23.1 Å². The van der Waals surface area contributed by atoms with Crippen molar-refractivity contribution in [1.29, 1.82) is 0 Å². The maximum absolute atomic E-state index is 13.2. The number of methoxy groups -OCH3 is 1. The van der Waals surface area contributed by atoms with Crippen LogP contribution in [0.15, 0.2) is 71.6 Å². The fourth-order valence-corrected chi connectivity index (χ4v) is 5.56. The number of hydrogen-bond acceptors (Lipinski definition) is 5. The molecule has 0 radical (unpaired) electrons. The Bertz CT molecular complexity index is 1310. The maximum atomic E-state index is 13.2. The molecule has 0 bridgehead atoms. The summed E-state index contributed by atoms with van der Waals surface area (Å²) < 4.78 is 34.3. The monoisotopic (exact) mass is 494 g/mol. The number of benzene rings is 3. The Labute approximate surface area is 206 Å². The van der Waals surface area contributed by atoms with Crippen LogP contribution in [0.3, 0.4) is 0 Å². The topological polar surface area (TPSA) is 105 Å². The summed E-state index contributed by atoms with van der Waals surface area (Å²) in [5.41, 5.74) is 3.59. The average molecular weight is 495 g/mol. The summed E-state index contributed by atoms with van der Waals surface area (Å²) >= 11 is 0. The molecule has 35 heavy (non-hydrogen) atoms. The number of carbonyl (C=O) groups is 1. The van der Waals surface area contributed by atoms with Gasteiger partial charge in [-0.2, -0.15) is 0 Å². The molecule has 0 fully saturated rings. The van der Waals surface area contributed by atoms with Gasteiger partial charge in [-0.1, -0.05) is 31.2 Å². The maximum Gasteiger partial charge on any atom is 0.255 e. The lowest BCUT2D eigenvalue weighted by atomic mass is 9.97. The third-order valence-electron chi connectivity index (χ3n) is 6.33. The number of aliphatic hydroxyl groups excluding tert-OH is 1. The van der Waals surface area contributed by atoms with E-state index in [2.05, 4.69) is 10.0 Å². The van der Waals surface area contributed by atoms with Gasteiger partial charge in [0.2, 0.25) is 10.0 Å². The molecule has 0 aliphatic heterocycles. The second-order valence-electron chi connectivity index (χ2n) is 8.66. The van der Waals surface area contributed by atoms with E-state index >= 15 is 0 Å². The molecular weight excluding hydrogens is 464 g/mol. The van der Waals surface area contributed by atoms with Gasteiger partial charge in [0, 0.05) is 11.3 Å². The van der Waals surface area contributed by atoms with Crippen molar-refractivity contribution in [1.82, 2.24) is 4.72 Å². The molecule has 0 heterocycles. The van der Waals surface area contributed by atoms with Gasteiger partial charge in [-0.05, 0) is 84.8 Å². The minimum Gasteiger partial charge on any atom is -0.497 e. The molecular formula is C27H30N2O5S. The first kappa shape index (κ1) is 24.9. The number of nitrogens with one attached hydrogen (secondary N) is 2. The molecule has 0 saturated carbocycles. The van der Waals surface area contributed by atoms with Gasteiger partial charge in [0.25, 0.3) is 5.91 Å². The Morgan fingerprint density at radius 1 is 1.09 bits per heavy atom. The van der Waals surface area contributed by atoms with Crippen LogP contribution in [-0.2, 0) is 22.9 Å². The van der Waals surface area contributed by atoms with Gasteiger partial charge in [-0.25, -0.2) is 13.1 Å². The van der Waals surface area contributed by atoms with Gasteiger partial charge in [-0.15, -0.1) is 0 Å². The van der Waals surface area contributed by atoms with Crippen molar-refractivity contribution >= 4 is 21.6 Å². The first-order valence-electron chi connectivity index (χ1n) is 11.7. The van der Waals surface area contributed by atoms with Crippen molar-refractivity contribution in [2.45, 2.75) is 49.6 Å². The van der Waals surface area contributed by atoms with Crippen LogP contribution < -0.4 is 14.8 Å². The van der Waals surface area contributed by atoms with E-state index in [0.29, 0.717) is 35.4 Å². The molecule has 3 aromatic carbocycles. The summed E-state index contributed by atoms with van der Waals surface area (Å²) in [5, 5.41) is 13.7. The van der Waals surface area contributed by atoms with Crippen LogP contribution in [0, 0.1) is 0 Å². The zero-order valence-corrected chi connectivity index (χ0v) is 20.6.